The Morgan fingerprint density at radius 1 is 1.17 bits per heavy atom. The fourth-order valence-corrected chi connectivity index (χ4v) is 2.27. The topological polar surface area (TPSA) is 46.5 Å². The maximum atomic E-state index is 10.2. The van der Waals surface area contributed by atoms with E-state index in [-0.39, 0.29) is 5.22 Å². The van der Waals surface area contributed by atoms with Gasteiger partial charge in [-0.25, -0.2) is 0 Å². The number of para-hydroxylation sites is 1. The summed E-state index contributed by atoms with van der Waals surface area (Å²) in [5.74, 6) is 0.376. The fraction of sp³-hybridized carbons (Fsp3) is 0.0769. The van der Waals surface area contributed by atoms with Gasteiger partial charge in [0.1, 0.15) is 11.9 Å². The lowest BCUT2D eigenvalue weighted by atomic mass is 10.1. The lowest BCUT2D eigenvalue weighted by molar-refractivity contribution is 0.191. The second-order valence-corrected chi connectivity index (χ2v) is 4.61. The summed E-state index contributed by atoms with van der Waals surface area (Å²) in [7, 11) is 0. The van der Waals surface area contributed by atoms with E-state index in [9.17, 15) is 5.11 Å². The Bertz CT molecular complexity index is 699. The smallest absolute Gasteiger partial charge is 0.199 e. The molecule has 0 aliphatic rings. The van der Waals surface area contributed by atoms with Crippen LogP contribution in [0.15, 0.2) is 45.4 Å². The van der Waals surface area contributed by atoms with Gasteiger partial charge in [0.05, 0.1) is 11.3 Å². The van der Waals surface area contributed by atoms with Crippen LogP contribution in [0, 0.1) is 0 Å². The van der Waals surface area contributed by atoms with Crippen LogP contribution in [0.2, 0.25) is 10.2 Å². The van der Waals surface area contributed by atoms with Crippen molar-refractivity contribution in [3.05, 3.63) is 58.2 Å². The molecule has 3 rings (SSSR count). The minimum Gasteiger partial charge on any atom is -0.456 e. The molecule has 0 radical (unpaired) electrons. The summed E-state index contributed by atoms with van der Waals surface area (Å²) >= 11 is 11.8. The molecule has 0 saturated carbocycles. The predicted octanol–water partition coefficient (Wildman–Crippen LogP) is 4.41. The predicted molar refractivity (Wildman–Crippen MR) is 69.0 cm³/mol. The SMILES string of the molecule is OC(c1cc2cccc(Cl)c2o1)c1ccoc1Cl. The van der Waals surface area contributed by atoms with Gasteiger partial charge in [0, 0.05) is 10.9 Å². The number of hydrogen-bond donors (Lipinski definition) is 1. The Hall–Kier alpha value is -1.42. The molecule has 0 bridgehead atoms. The first-order valence-corrected chi connectivity index (χ1v) is 6.01. The molecule has 0 fully saturated rings. The van der Waals surface area contributed by atoms with Crippen molar-refractivity contribution in [2.75, 3.05) is 0 Å². The fourth-order valence-electron chi connectivity index (χ4n) is 1.83. The second kappa shape index (κ2) is 4.35. The molecular formula is C13H8Cl2O3. The van der Waals surface area contributed by atoms with Gasteiger partial charge in [-0.3, -0.25) is 0 Å². The van der Waals surface area contributed by atoms with E-state index in [1.54, 1.807) is 18.2 Å². The highest BCUT2D eigenvalue weighted by atomic mass is 35.5. The van der Waals surface area contributed by atoms with Crippen molar-refractivity contribution < 1.29 is 13.9 Å². The van der Waals surface area contributed by atoms with E-state index in [2.05, 4.69) is 0 Å². The average Bonchev–Trinajstić information content (AvgIpc) is 2.95. The molecule has 0 saturated heterocycles. The van der Waals surface area contributed by atoms with Gasteiger partial charge in [0.2, 0.25) is 0 Å². The third kappa shape index (κ3) is 1.81. The van der Waals surface area contributed by atoms with E-state index in [1.807, 2.05) is 12.1 Å². The molecule has 0 aliphatic carbocycles. The van der Waals surface area contributed by atoms with Crippen molar-refractivity contribution in [2.24, 2.45) is 0 Å². The van der Waals surface area contributed by atoms with Crippen LogP contribution in [0.4, 0.5) is 0 Å². The molecule has 0 amide bonds. The monoisotopic (exact) mass is 282 g/mol. The summed E-state index contributed by atoms with van der Waals surface area (Å²) in [5, 5.41) is 11.7. The second-order valence-electron chi connectivity index (χ2n) is 3.86. The van der Waals surface area contributed by atoms with Gasteiger partial charge >= 0.3 is 0 Å². The van der Waals surface area contributed by atoms with Crippen molar-refractivity contribution >= 4 is 34.2 Å². The van der Waals surface area contributed by atoms with Gasteiger partial charge in [-0.1, -0.05) is 23.7 Å². The molecule has 2 heterocycles. The van der Waals surface area contributed by atoms with Crippen LogP contribution in [-0.4, -0.2) is 5.11 Å². The normalized spacial score (nSPS) is 13.1. The molecule has 2 aromatic heterocycles. The summed E-state index contributed by atoms with van der Waals surface area (Å²) < 4.78 is 10.5. The van der Waals surface area contributed by atoms with Gasteiger partial charge < -0.3 is 13.9 Å². The van der Waals surface area contributed by atoms with Gasteiger partial charge in [0.25, 0.3) is 0 Å². The van der Waals surface area contributed by atoms with Crippen molar-refractivity contribution in [1.29, 1.82) is 0 Å². The van der Waals surface area contributed by atoms with Crippen LogP contribution in [0.1, 0.15) is 17.4 Å². The molecule has 92 valence electrons. The minimum absolute atomic E-state index is 0.147. The molecular weight excluding hydrogens is 275 g/mol. The van der Waals surface area contributed by atoms with Gasteiger partial charge in [-0.15, -0.1) is 0 Å². The summed E-state index contributed by atoms with van der Waals surface area (Å²) in [4.78, 5) is 0. The standard InChI is InChI=1S/C13H8Cl2O3/c14-9-3-1-2-7-6-10(18-12(7)9)11(16)8-4-5-17-13(8)15/h1-6,11,16H. The molecule has 1 N–H and O–H groups in total. The van der Waals surface area contributed by atoms with Crippen LogP contribution >= 0.6 is 23.2 Å². The number of aliphatic hydroxyl groups excluding tert-OH is 1. The van der Waals surface area contributed by atoms with Crippen molar-refractivity contribution in [2.45, 2.75) is 6.10 Å². The third-order valence-electron chi connectivity index (χ3n) is 2.73. The number of rotatable bonds is 2. The van der Waals surface area contributed by atoms with Crippen LogP contribution in [0.5, 0.6) is 0 Å². The first kappa shape index (κ1) is 11.7. The van der Waals surface area contributed by atoms with E-state index in [4.69, 9.17) is 32.0 Å². The van der Waals surface area contributed by atoms with Crippen LogP contribution in [-0.2, 0) is 0 Å². The number of furan rings is 2. The molecule has 1 unspecified atom stereocenters. The van der Waals surface area contributed by atoms with E-state index in [1.165, 1.54) is 6.26 Å². The number of benzene rings is 1. The lowest BCUT2D eigenvalue weighted by Gasteiger charge is -2.04. The largest absolute Gasteiger partial charge is 0.456 e. The molecule has 1 aromatic carbocycles. The van der Waals surface area contributed by atoms with Gasteiger partial charge in [-0.05, 0) is 29.8 Å². The molecule has 3 aromatic rings. The quantitative estimate of drug-likeness (QED) is 0.757. The number of aliphatic hydroxyl groups is 1. The number of fused-ring (bicyclic) bond motifs is 1. The maximum absolute atomic E-state index is 10.2. The minimum atomic E-state index is -0.972. The van der Waals surface area contributed by atoms with E-state index in [0.717, 1.165) is 5.39 Å². The maximum Gasteiger partial charge on any atom is 0.199 e. The van der Waals surface area contributed by atoms with Crippen molar-refractivity contribution in [3.63, 3.8) is 0 Å². The first-order valence-electron chi connectivity index (χ1n) is 5.25. The Kier molecular flexibility index (Phi) is 2.82. The summed E-state index contributed by atoms with van der Waals surface area (Å²) in [6.07, 6.45) is 0.441. The van der Waals surface area contributed by atoms with Crippen LogP contribution in [0.25, 0.3) is 11.0 Å². The average molecular weight is 283 g/mol. The molecule has 0 spiro atoms. The number of hydrogen-bond acceptors (Lipinski definition) is 3. The van der Waals surface area contributed by atoms with E-state index >= 15 is 0 Å². The lowest BCUT2D eigenvalue weighted by Crippen LogP contribution is -1.96. The molecule has 0 aliphatic heterocycles. The molecule has 1 atom stereocenters. The zero-order valence-corrected chi connectivity index (χ0v) is 10.6. The highest BCUT2D eigenvalue weighted by Crippen LogP contribution is 2.34. The summed E-state index contributed by atoms with van der Waals surface area (Å²) in [5.41, 5.74) is 1.01. The van der Waals surface area contributed by atoms with E-state index in [0.29, 0.717) is 21.9 Å². The van der Waals surface area contributed by atoms with Crippen molar-refractivity contribution in [1.82, 2.24) is 0 Å². The van der Waals surface area contributed by atoms with Gasteiger partial charge in [-0.2, -0.15) is 0 Å². The van der Waals surface area contributed by atoms with Crippen molar-refractivity contribution in [3.8, 4) is 0 Å². The Morgan fingerprint density at radius 3 is 2.67 bits per heavy atom. The molecule has 18 heavy (non-hydrogen) atoms. The van der Waals surface area contributed by atoms with Crippen LogP contribution < -0.4 is 0 Å². The Morgan fingerprint density at radius 2 is 2.00 bits per heavy atom. The Balaban J connectivity index is 2.10. The molecule has 5 heteroatoms. The highest BCUT2D eigenvalue weighted by molar-refractivity contribution is 6.34. The summed E-state index contributed by atoms with van der Waals surface area (Å²) in [6, 6.07) is 8.74. The zero-order chi connectivity index (χ0) is 12.7. The third-order valence-corrected chi connectivity index (χ3v) is 3.33. The summed E-state index contributed by atoms with van der Waals surface area (Å²) in [6.45, 7) is 0. The Labute approximate surface area is 113 Å². The number of halogens is 2. The molecule has 3 nitrogen and oxygen atoms in total. The highest BCUT2D eigenvalue weighted by Gasteiger charge is 2.20. The van der Waals surface area contributed by atoms with Crippen LogP contribution in [0.3, 0.4) is 0 Å². The first-order chi connectivity index (χ1) is 8.66. The zero-order valence-electron chi connectivity index (χ0n) is 9.06. The van der Waals surface area contributed by atoms with E-state index < -0.39 is 6.10 Å². The van der Waals surface area contributed by atoms with Gasteiger partial charge in [0.15, 0.2) is 10.8 Å².